The molecule has 0 spiro atoms. The van der Waals surface area contributed by atoms with Crippen molar-refractivity contribution in [2.24, 2.45) is 16.8 Å². The van der Waals surface area contributed by atoms with Gasteiger partial charge in [-0.2, -0.15) is 0 Å². The van der Waals surface area contributed by atoms with Crippen LogP contribution in [0.15, 0.2) is 29.5 Å². The van der Waals surface area contributed by atoms with Crippen LogP contribution in [0.4, 0.5) is 0 Å². The molecular weight excluding hydrogens is 449 g/mol. The number of hydrogen-bond donors (Lipinski definition) is 2. The summed E-state index contributed by atoms with van der Waals surface area (Å²) in [5.74, 6) is 0.429. The topological polar surface area (TPSA) is 95.9 Å². The maximum atomic E-state index is 11.9. The molecule has 9 heteroatoms. The van der Waals surface area contributed by atoms with Crippen LogP contribution in [-0.2, 0) is 9.53 Å². The summed E-state index contributed by atoms with van der Waals surface area (Å²) in [5.41, 5.74) is 0.529. The third-order valence-electron chi connectivity index (χ3n) is 4.25. The maximum absolute atomic E-state index is 11.9. The van der Waals surface area contributed by atoms with Gasteiger partial charge in [-0.15, -0.1) is 24.0 Å². The molecule has 26 heavy (non-hydrogen) atoms. The zero-order valence-electron chi connectivity index (χ0n) is 15.3. The van der Waals surface area contributed by atoms with Crippen LogP contribution in [0.1, 0.15) is 17.3 Å². The summed E-state index contributed by atoms with van der Waals surface area (Å²) in [6, 6.07) is 3.44. The minimum atomic E-state index is -0.186. The predicted octanol–water partition coefficient (Wildman–Crippen LogP) is 0.746. The van der Waals surface area contributed by atoms with Crippen molar-refractivity contribution in [3.8, 4) is 0 Å². The number of guanidine groups is 1. The van der Waals surface area contributed by atoms with Crippen molar-refractivity contribution in [3.63, 3.8) is 0 Å². The predicted molar refractivity (Wildman–Crippen MR) is 110 cm³/mol. The fourth-order valence-corrected chi connectivity index (χ4v) is 2.88. The Hall–Kier alpha value is -1.91. The molecule has 0 aliphatic carbocycles. The first-order valence-corrected chi connectivity index (χ1v) is 8.28. The Kier molecular flexibility index (Phi) is 9.31. The van der Waals surface area contributed by atoms with Gasteiger partial charge in [0.05, 0.1) is 18.6 Å². The number of ether oxygens (including phenoxy) is 1. The van der Waals surface area contributed by atoms with E-state index in [2.05, 4.69) is 20.6 Å². The number of amides is 1. The number of aliphatic imine (C=N–C) groups is 1. The highest BCUT2D eigenvalue weighted by atomic mass is 127. The first kappa shape index (κ1) is 22.1. The molecule has 8 nitrogen and oxygen atoms in total. The largest absolute Gasteiger partial charge is 0.469 e. The molecule has 2 unspecified atom stereocenters. The first-order chi connectivity index (χ1) is 12.1. The number of nitrogens with one attached hydrogen (secondary N) is 2. The fraction of sp³-hybridized carbons (Fsp3) is 0.529. The minimum Gasteiger partial charge on any atom is -0.469 e. The van der Waals surface area contributed by atoms with Crippen molar-refractivity contribution in [2.45, 2.75) is 6.92 Å². The summed E-state index contributed by atoms with van der Waals surface area (Å²) in [4.78, 5) is 33.9. The van der Waals surface area contributed by atoms with Crippen LogP contribution in [0.5, 0.6) is 0 Å². The van der Waals surface area contributed by atoms with E-state index in [0.29, 0.717) is 31.2 Å². The van der Waals surface area contributed by atoms with Crippen LogP contribution < -0.4 is 10.6 Å². The van der Waals surface area contributed by atoms with E-state index in [1.165, 1.54) is 13.3 Å². The minimum absolute atomic E-state index is 0. The molecule has 2 rings (SSSR count). The average Bonchev–Trinajstić information content (AvgIpc) is 3.03. The van der Waals surface area contributed by atoms with Gasteiger partial charge in [-0.05, 0) is 18.1 Å². The number of carbonyl (C=O) groups excluding carboxylic acids is 2. The first-order valence-electron chi connectivity index (χ1n) is 8.28. The Labute approximate surface area is 170 Å². The molecule has 0 bridgehead atoms. The second-order valence-electron chi connectivity index (χ2n) is 5.98. The van der Waals surface area contributed by atoms with Crippen molar-refractivity contribution in [1.82, 2.24) is 20.5 Å². The van der Waals surface area contributed by atoms with Gasteiger partial charge in [0.25, 0.3) is 5.91 Å². The van der Waals surface area contributed by atoms with E-state index in [4.69, 9.17) is 4.74 Å². The van der Waals surface area contributed by atoms with Crippen LogP contribution in [0, 0.1) is 11.8 Å². The van der Waals surface area contributed by atoms with E-state index in [9.17, 15) is 9.59 Å². The molecule has 1 aromatic heterocycles. The quantitative estimate of drug-likeness (QED) is 0.215. The summed E-state index contributed by atoms with van der Waals surface area (Å²) in [6.45, 7) is 4.34. The molecule has 0 aromatic carbocycles. The van der Waals surface area contributed by atoms with E-state index in [1.54, 1.807) is 25.4 Å². The van der Waals surface area contributed by atoms with Crippen molar-refractivity contribution >= 4 is 41.8 Å². The summed E-state index contributed by atoms with van der Waals surface area (Å²) >= 11 is 0. The van der Waals surface area contributed by atoms with Gasteiger partial charge in [0, 0.05) is 45.6 Å². The van der Waals surface area contributed by atoms with Crippen molar-refractivity contribution in [2.75, 3.05) is 40.3 Å². The number of pyridine rings is 1. The number of carbonyl (C=O) groups is 2. The highest BCUT2D eigenvalue weighted by Crippen LogP contribution is 2.23. The van der Waals surface area contributed by atoms with Crippen molar-refractivity contribution in [1.29, 1.82) is 0 Å². The van der Waals surface area contributed by atoms with E-state index in [1.807, 2.05) is 11.8 Å². The Balaban J connectivity index is 0.00000338. The third kappa shape index (κ3) is 5.82. The lowest BCUT2D eigenvalue weighted by atomic mass is 9.99. The Bertz CT molecular complexity index is 626. The van der Waals surface area contributed by atoms with E-state index >= 15 is 0 Å². The highest BCUT2D eigenvalue weighted by Gasteiger charge is 2.36. The summed E-state index contributed by atoms with van der Waals surface area (Å²) < 4.78 is 4.85. The standard InChI is InChI=1S/C17H25N5O3.HI/c1-12-10-22(11-14(12)16(24)25-3)17(18-2)21-8-7-20-15(23)13-5-4-6-19-9-13;/h4-6,9,12,14H,7-8,10-11H2,1-3H3,(H,18,21)(H,20,23);1H. The lowest BCUT2D eigenvalue weighted by molar-refractivity contribution is -0.145. The second-order valence-corrected chi connectivity index (χ2v) is 5.98. The van der Waals surface area contributed by atoms with Gasteiger partial charge >= 0.3 is 5.97 Å². The number of hydrogen-bond acceptors (Lipinski definition) is 5. The molecule has 1 amide bonds. The van der Waals surface area contributed by atoms with Crippen LogP contribution in [0.2, 0.25) is 0 Å². The molecule has 2 heterocycles. The SMILES string of the molecule is CN=C(NCCNC(=O)c1cccnc1)N1CC(C)C(C(=O)OC)C1.I. The normalized spacial score (nSPS) is 19.5. The Morgan fingerprint density at radius 1 is 1.35 bits per heavy atom. The van der Waals surface area contributed by atoms with Crippen LogP contribution >= 0.6 is 24.0 Å². The van der Waals surface area contributed by atoms with Gasteiger partial charge in [0.1, 0.15) is 0 Å². The maximum Gasteiger partial charge on any atom is 0.310 e. The molecule has 0 radical (unpaired) electrons. The number of rotatable bonds is 5. The number of aromatic nitrogens is 1. The van der Waals surface area contributed by atoms with Crippen LogP contribution in [0.3, 0.4) is 0 Å². The molecule has 0 saturated carbocycles. The number of methoxy groups -OCH3 is 1. The van der Waals surface area contributed by atoms with Gasteiger partial charge < -0.3 is 20.3 Å². The molecule has 144 valence electrons. The van der Waals surface area contributed by atoms with Crippen molar-refractivity contribution < 1.29 is 14.3 Å². The number of nitrogens with zero attached hydrogens (tertiary/aromatic N) is 3. The van der Waals surface area contributed by atoms with E-state index < -0.39 is 0 Å². The lowest BCUT2D eigenvalue weighted by Crippen LogP contribution is -2.43. The molecule has 1 saturated heterocycles. The molecule has 1 fully saturated rings. The van der Waals surface area contributed by atoms with Gasteiger partial charge in [-0.25, -0.2) is 0 Å². The third-order valence-corrected chi connectivity index (χ3v) is 4.25. The molecule has 2 N–H and O–H groups in total. The fourth-order valence-electron chi connectivity index (χ4n) is 2.88. The Morgan fingerprint density at radius 3 is 2.69 bits per heavy atom. The van der Waals surface area contributed by atoms with Gasteiger partial charge in [-0.3, -0.25) is 19.6 Å². The number of halogens is 1. The second kappa shape index (κ2) is 10.9. The Morgan fingerprint density at radius 2 is 2.08 bits per heavy atom. The smallest absolute Gasteiger partial charge is 0.310 e. The van der Waals surface area contributed by atoms with E-state index in [0.717, 1.165) is 6.54 Å². The zero-order chi connectivity index (χ0) is 18.2. The monoisotopic (exact) mass is 475 g/mol. The number of likely N-dealkylation sites (tertiary alicyclic amines) is 1. The van der Waals surface area contributed by atoms with Crippen LogP contribution in [-0.4, -0.2) is 68.1 Å². The van der Waals surface area contributed by atoms with Crippen LogP contribution in [0.25, 0.3) is 0 Å². The van der Waals surface area contributed by atoms with Crippen molar-refractivity contribution in [3.05, 3.63) is 30.1 Å². The number of esters is 1. The van der Waals surface area contributed by atoms with Gasteiger partial charge in [0.15, 0.2) is 5.96 Å². The molecule has 1 aliphatic rings. The summed E-state index contributed by atoms with van der Waals surface area (Å²) in [6.07, 6.45) is 3.15. The molecule has 1 aliphatic heterocycles. The highest BCUT2D eigenvalue weighted by molar-refractivity contribution is 14.0. The lowest BCUT2D eigenvalue weighted by Gasteiger charge is -2.21. The summed E-state index contributed by atoms with van der Waals surface area (Å²) in [7, 11) is 3.11. The summed E-state index contributed by atoms with van der Waals surface area (Å²) in [5, 5.41) is 6.03. The zero-order valence-corrected chi connectivity index (χ0v) is 17.6. The van der Waals surface area contributed by atoms with E-state index in [-0.39, 0.29) is 47.7 Å². The van der Waals surface area contributed by atoms with Gasteiger partial charge in [-0.1, -0.05) is 6.92 Å². The average molecular weight is 475 g/mol. The molecule has 1 aromatic rings. The van der Waals surface area contributed by atoms with Gasteiger partial charge in [0.2, 0.25) is 0 Å². The molecular formula is C17H26IN5O3. The molecule has 2 atom stereocenters.